The highest BCUT2D eigenvalue weighted by atomic mass is 16.6. The standard InChI is InChI=1S/C10H10O2/c1-7-10(12-7)9-4-2-8(6-11)3-5-9/h2-7,10H,1H3. The zero-order chi connectivity index (χ0) is 8.55. The summed E-state index contributed by atoms with van der Waals surface area (Å²) < 4.78 is 5.29. The maximum Gasteiger partial charge on any atom is 0.150 e. The maximum absolute atomic E-state index is 10.3. The van der Waals surface area contributed by atoms with Crippen molar-refractivity contribution in [1.29, 1.82) is 0 Å². The van der Waals surface area contributed by atoms with Crippen LogP contribution < -0.4 is 0 Å². The van der Waals surface area contributed by atoms with Crippen molar-refractivity contribution in [2.45, 2.75) is 19.1 Å². The molecule has 1 aliphatic heterocycles. The summed E-state index contributed by atoms with van der Waals surface area (Å²) in [7, 11) is 0. The van der Waals surface area contributed by atoms with Gasteiger partial charge in [0.05, 0.1) is 6.10 Å². The van der Waals surface area contributed by atoms with Crippen LogP contribution >= 0.6 is 0 Å². The second-order valence-corrected chi connectivity index (χ2v) is 3.05. The number of carbonyl (C=O) groups is 1. The van der Waals surface area contributed by atoms with Crippen LogP contribution in [0.25, 0.3) is 0 Å². The van der Waals surface area contributed by atoms with Gasteiger partial charge in [-0.25, -0.2) is 0 Å². The zero-order valence-corrected chi connectivity index (χ0v) is 6.86. The molecule has 1 heterocycles. The lowest BCUT2D eigenvalue weighted by Crippen LogP contribution is -1.84. The van der Waals surface area contributed by atoms with Crippen LogP contribution in [0.3, 0.4) is 0 Å². The molecule has 2 nitrogen and oxygen atoms in total. The molecule has 0 radical (unpaired) electrons. The minimum absolute atomic E-state index is 0.255. The molecule has 0 aromatic heterocycles. The lowest BCUT2D eigenvalue weighted by atomic mass is 10.1. The summed E-state index contributed by atoms with van der Waals surface area (Å²) in [6, 6.07) is 7.52. The molecule has 1 fully saturated rings. The van der Waals surface area contributed by atoms with Gasteiger partial charge in [0.1, 0.15) is 12.4 Å². The third-order valence-electron chi connectivity index (χ3n) is 2.11. The number of benzene rings is 1. The number of ether oxygens (including phenoxy) is 1. The van der Waals surface area contributed by atoms with E-state index >= 15 is 0 Å². The van der Waals surface area contributed by atoms with Crippen LogP contribution in [-0.4, -0.2) is 12.4 Å². The third kappa shape index (κ3) is 1.25. The second-order valence-electron chi connectivity index (χ2n) is 3.05. The highest BCUT2D eigenvalue weighted by Crippen LogP contribution is 2.37. The van der Waals surface area contributed by atoms with E-state index in [0.29, 0.717) is 11.7 Å². The molecule has 0 aliphatic carbocycles. The van der Waals surface area contributed by atoms with Crippen molar-refractivity contribution in [3.8, 4) is 0 Å². The number of epoxide rings is 1. The fourth-order valence-electron chi connectivity index (χ4n) is 1.30. The quantitative estimate of drug-likeness (QED) is 0.491. The van der Waals surface area contributed by atoms with E-state index < -0.39 is 0 Å². The molecule has 0 saturated carbocycles. The van der Waals surface area contributed by atoms with Gasteiger partial charge in [-0.15, -0.1) is 0 Å². The van der Waals surface area contributed by atoms with E-state index in [0.717, 1.165) is 11.8 Å². The first kappa shape index (κ1) is 7.50. The van der Waals surface area contributed by atoms with Gasteiger partial charge in [0.2, 0.25) is 0 Å². The van der Waals surface area contributed by atoms with Gasteiger partial charge >= 0.3 is 0 Å². The zero-order valence-electron chi connectivity index (χ0n) is 6.86. The summed E-state index contributed by atoms with van der Waals surface area (Å²) in [5.74, 6) is 0. The van der Waals surface area contributed by atoms with Crippen LogP contribution in [0, 0.1) is 0 Å². The monoisotopic (exact) mass is 162 g/mol. The Bertz CT molecular complexity index is 289. The van der Waals surface area contributed by atoms with Gasteiger partial charge in [-0.05, 0) is 12.5 Å². The van der Waals surface area contributed by atoms with E-state index in [2.05, 4.69) is 0 Å². The van der Waals surface area contributed by atoms with Crippen molar-refractivity contribution in [2.75, 3.05) is 0 Å². The van der Waals surface area contributed by atoms with Crippen LogP contribution in [0.2, 0.25) is 0 Å². The average Bonchev–Trinajstić information content (AvgIpc) is 2.83. The second kappa shape index (κ2) is 2.72. The fraction of sp³-hybridized carbons (Fsp3) is 0.300. The number of hydrogen-bond acceptors (Lipinski definition) is 2. The van der Waals surface area contributed by atoms with Gasteiger partial charge < -0.3 is 4.74 Å². The Morgan fingerprint density at radius 2 is 1.92 bits per heavy atom. The summed E-state index contributed by atoms with van der Waals surface area (Å²) in [5, 5.41) is 0. The normalized spacial score (nSPS) is 26.8. The van der Waals surface area contributed by atoms with Crippen molar-refractivity contribution in [3.63, 3.8) is 0 Å². The van der Waals surface area contributed by atoms with Gasteiger partial charge in [0.15, 0.2) is 0 Å². The molecular formula is C10H10O2. The largest absolute Gasteiger partial charge is 0.365 e. The molecule has 0 bridgehead atoms. The van der Waals surface area contributed by atoms with E-state index in [1.165, 1.54) is 0 Å². The highest BCUT2D eigenvalue weighted by Gasteiger charge is 2.35. The molecular weight excluding hydrogens is 152 g/mol. The minimum Gasteiger partial charge on any atom is -0.365 e. The third-order valence-corrected chi connectivity index (χ3v) is 2.11. The Kier molecular flexibility index (Phi) is 1.70. The maximum atomic E-state index is 10.3. The smallest absolute Gasteiger partial charge is 0.150 e. The molecule has 62 valence electrons. The van der Waals surface area contributed by atoms with E-state index in [4.69, 9.17) is 4.74 Å². The van der Waals surface area contributed by atoms with Gasteiger partial charge in [-0.3, -0.25) is 4.79 Å². The van der Waals surface area contributed by atoms with Crippen LogP contribution in [0.1, 0.15) is 28.9 Å². The first-order valence-corrected chi connectivity index (χ1v) is 4.02. The minimum atomic E-state index is 0.255. The van der Waals surface area contributed by atoms with Crippen LogP contribution in [0.15, 0.2) is 24.3 Å². The lowest BCUT2D eigenvalue weighted by molar-refractivity contribution is 0.112. The number of rotatable bonds is 2. The fourth-order valence-corrected chi connectivity index (χ4v) is 1.30. The molecule has 2 unspecified atom stereocenters. The molecule has 0 N–H and O–H groups in total. The molecule has 12 heavy (non-hydrogen) atoms. The summed E-state index contributed by atoms with van der Waals surface area (Å²) in [6.07, 6.45) is 1.44. The topological polar surface area (TPSA) is 29.6 Å². The average molecular weight is 162 g/mol. The van der Waals surface area contributed by atoms with E-state index in [1.807, 2.05) is 31.2 Å². The van der Waals surface area contributed by atoms with Crippen molar-refractivity contribution in [3.05, 3.63) is 35.4 Å². The summed E-state index contributed by atoms with van der Waals surface area (Å²) in [6.45, 7) is 2.04. The molecule has 2 atom stereocenters. The molecule has 1 aliphatic rings. The van der Waals surface area contributed by atoms with E-state index in [9.17, 15) is 4.79 Å². The number of aldehydes is 1. The van der Waals surface area contributed by atoms with Crippen molar-refractivity contribution in [1.82, 2.24) is 0 Å². The number of hydrogen-bond donors (Lipinski definition) is 0. The molecule has 1 aromatic rings. The van der Waals surface area contributed by atoms with Crippen molar-refractivity contribution < 1.29 is 9.53 Å². The van der Waals surface area contributed by atoms with Crippen molar-refractivity contribution >= 4 is 6.29 Å². The van der Waals surface area contributed by atoms with Gasteiger partial charge in [-0.1, -0.05) is 24.3 Å². The van der Waals surface area contributed by atoms with Gasteiger partial charge in [0, 0.05) is 5.56 Å². The predicted molar refractivity (Wildman–Crippen MR) is 45.1 cm³/mol. The van der Waals surface area contributed by atoms with E-state index in [-0.39, 0.29) is 6.10 Å². The summed E-state index contributed by atoms with van der Waals surface area (Å²) in [5.41, 5.74) is 1.88. The Morgan fingerprint density at radius 3 is 2.33 bits per heavy atom. The molecule has 1 aromatic carbocycles. The Morgan fingerprint density at radius 1 is 1.33 bits per heavy atom. The van der Waals surface area contributed by atoms with Crippen LogP contribution in [0.4, 0.5) is 0 Å². The lowest BCUT2D eigenvalue weighted by Gasteiger charge is -1.94. The van der Waals surface area contributed by atoms with Crippen LogP contribution in [0.5, 0.6) is 0 Å². The number of carbonyl (C=O) groups excluding carboxylic acids is 1. The molecule has 0 amide bonds. The highest BCUT2D eigenvalue weighted by molar-refractivity contribution is 5.74. The Labute approximate surface area is 71.2 Å². The van der Waals surface area contributed by atoms with Crippen molar-refractivity contribution in [2.24, 2.45) is 0 Å². The molecule has 2 heteroatoms. The Balaban J connectivity index is 2.19. The molecule has 2 rings (SSSR count). The summed E-state index contributed by atoms with van der Waals surface area (Å²) in [4.78, 5) is 10.3. The van der Waals surface area contributed by atoms with Gasteiger partial charge in [0.25, 0.3) is 0 Å². The Hall–Kier alpha value is -1.15. The van der Waals surface area contributed by atoms with Crippen LogP contribution in [-0.2, 0) is 4.74 Å². The molecule has 0 spiro atoms. The van der Waals surface area contributed by atoms with E-state index in [1.54, 1.807) is 0 Å². The SMILES string of the molecule is CC1OC1c1ccc(C=O)cc1. The molecule has 1 saturated heterocycles. The van der Waals surface area contributed by atoms with Gasteiger partial charge in [-0.2, -0.15) is 0 Å². The first-order chi connectivity index (χ1) is 5.81. The first-order valence-electron chi connectivity index (χ1n) is 4.02. The summed E-state index contributed by atoms with van der Waals surface area (Å²) >= 11 is 0. The predicted octanol–water partition coefficient (Wildman–Crippen LogP) is 1.96.